The second-order valence-electron chi connectivity index (χ2n) is 5.99. The first-order chi connectivity index (χ1) is 12.8. The Bertz CT molecular complexity index is 1200. The highest BCUT2D eigenvalue weighted by Gasteiger charge is 2.30. The monoisotopic (exact) mass is 374 g/mol. The molecule has 4 aromatic rings. The van der Waals surface area contributed by atoms with E-state index >= 15 is 0 Å². The molecule has 10 heteroatoms. The van der Waals surface area contributed by atoms with Crippen LogP contribution in [0.2, 0.25) is 0 Å². The molecule has 27 heavy (non-hydrogen) atoms. The largest absolute Gasteiger partial charge is 0.416 e. The van der Waals surface area contributed by atoms with Crippen molar-refractivity contribution in [3.05, 3.63) is 58.5 Å². The number of aryl methyl sites for hydroxylation is 2. The van der Waals surface area contributed by atoms with E-state index in [9.17, 15) is 18.0 Å². The van der Waals surface area contributed by atoms with E-state index in [4.69, 9.17) is 0 Å². The average Bonchev–Trinajstić information content (AvgIpc) is 3.16. The van der Waals surface area contributed by atoms with Crippen molar-refractivity contribution in [1.29, 1.82) is 0 Å². The number of nitrogens with zero attached hydrogens (tertiary/aromatic N) is 5. The van der Waals surface area contributed by atoms with Gasteiger partial charge in [0.1, 0.15) is 17.8 Å². The Labute approximate surface area is 150 Å². The first kappa shape index (κ1) is 17.0. The third kappa shape index (κ3) is 2.69. The molecule has 3 heterocycles. The number of aromatic nitrogens is 6. The number of halogens is 3. The summed E-state index contributed by atoms with van der Waals surface area (Å²) in [5.74, 6) is 0.508. The minimum Gasteiger partial charge on any atom is -0.310 e. The number of aromatic amines is 1. The van der Waals surface area contributed by atoms with Crippen LogP contribution in [0.4, 0.5) is 13.2 Å². The fourth-order valence-corrected chi connectivity index (χ4v) is 3.04. The van der Waals surface area contributed by atoms with Crippen LogP contribution in [0.3, 0.4) is 0 Å². The van der Waals surface area contributed by atoms with Crippen LogP contribution in [0.5, 0.6) is 0 Å². The van der Waals surface area contributed by atoms with Crippen LogP contribution in [0.25, 0.3) is 28.0 Å². The van der Waals surface area contributed by atoms with Crippen molar-refractivity contribution in [1.82, 2.24) is 29.4 Å². The molecule has 3 aromatic heterocycles. The molecule has 1 aromatic carbocycles. The van der Waals surface area contributed by atoms with E-state index in [-0.39, 0.29) is 11.1 Å². The van der Waals surface area contributed by atoms with Crippen LogP contribution in [0, 0.1) is 6.92 Å². The van der Waals surface area contributed by atoms with Gasteiger partial charge in [-0.1, -0.05) is 12.1 Å². The molecule has 0 amide bonds. The number of alkyl halides is 3. The van der Waals surface area contributed by atoms with E-state index in [1.165, 1.54) is 33.9 Å². The summed E-state index contributed by atoms with van der Waals surface area (Å²) in [6.07, 6.45) is -1.61. The van der Waals surface area contributed by atoms with Gasteiger partial charge in [-0.25, -0.2) is 9.50 Å². The molecular weight excluding hydrogens is 361 g/mol. The lowest BCUT2D eigenvalue weighted by molar-refractivity contribution is -0.137. The van der Waals surface area contributed by atoms with Crippen molar-refractivity contribution in [3.63, 3.8) is 0 Å². The highest BCUT2D eigenvalue weighted by molar-refractivity contribution is 5.86. The van der Waals surface area contributed by atoms with E-state index in [0.717, 1.165) is 12.1 Å². The van der Waals surface area contributed by atoms with Crippen LogP contribution in [-0.4, -0.2) is 29.4 Å². The van der Waals surface area contributed by atoms with Gasteiger partial charge in [0.2, 0.25) is 0 Å². The lowest BCUT2D eigenvalue weighted by atomic mass is 10.0. The Balaban J connectivity index is 1.93. The maximum atomic E-state index is 12.8. The fourth-order valence-electron chi connectivity index (χ4n) is 3.04. The summed E-state index contributed by atoms with van der Waals surface area (Å²) in [6, 6.07) is 4.77. The van der Waals surface area contributed by atoms with Gasteiger partial charge in [-0.3, -0.25) is 9.48 Å². The summed E-state index contributed by atoms with van der Waals surface area (Å²) < 4.78 is 41.4. The SMILES string of the molecule is Cc1nc(-c2cnn(C)c2-c2ccc(C(F)(F)F)cc2)c2c(=O)[nH]cnn12. The molecule has 0 bridgehead atoms. The average molecular weight is 374 g/mol. The molecule has 0 saturated carbocycles. The van der Waals surface area contributed by atoms with Gasteiger partial charge >= 0.3 is 6.18 Å². The van der Waals surface area contributed by atoms with Crippen molar-refractivity contribution in [2.75, 3.05) is 0 Å². The Kier molecular flexibility index (Phi) is 3.65. The molecule has 0 radical (unpaired) electrons. The molecule has 1 N–H and O–H groups in total. The zero-order valence-corrected chi connectivity index (χ0v) is 14.2. The predicted octanol–water partition coefficient (Wildman–Crippen LogP) is 2.81. The molecule has 0 unspecified atom stereocenters. The molecule has 0 aliphatic heterocycles. The minimum atomic E-state index is -4.41. The van der Waals surface area contributed by atoms with Gasteiger partial charge in [0.25, 0.3) is 5.56 Å². The van der Waals surface area contributed by atoms with Crippen LogP contribution < -0.4 is 5.56 Å². The predicted molar refractivity (Wildman–Crippen MR) is 91.0 cm³/mol. The summed E-state index contributed by atoms with van der Waals surface area (Å²) in [4.78, 5) is 19.2. The number of imidazole rings is 1. The number of benzene rings is 1. The molecule has 138 valence electrons. The van der Waals surface area contributed by atoms with Gasteiger partial charge in [0, 0.05) is 18.2 Å². The van der Waals surface area contributed by atoms with E-state index in [1.807, 2.05) is 0 Å². The van der Waals surface area contributed by atoms with Crippen LogP contribution >= 0.6 is 0 Å². The fraction of sp³-hybridized carbons (Fsp3) is 0.176. The van der Waals surface area contributed by atoms with Gasteiger partial charge in [-0.2, -0.15) is 23.4 Å². The Hall–Kier alpha value is -3.43. The standard InChI is InChI=1S/C17H13F3N6O/c1-9-24-13(15-16(27)21-8-23-26(9)15)12-7-22-25(2)14(12)10-3-5-11(6-4-10)17(18,19)20/h3-8H,1-2H3,(H,21,23,27). The molecule has 4 rings (SSSR count). The van der Waals surface area contributed by atoms with Gasteiger partial charge in [0.05, 0.1) is 17.5 Å². The number of hydrogen-bond acceptors (Lipinski definition) is 4. The number of nitrogens with one attached hydrogen (secondary N) is 1. The minimum absolute atomic E-state index is 0.246. The molecule has 0 saturated heterocycles. The molecule has 0 fully saturated rings. The van der Waals surface area contributed by atoms with Crippen molar-refractivity contribution in [2.45, 2.75) is 13.1 Å². The van der Waals surface area contributed by atoms with E-state index in [1.54, 1.807) is 14.0 Å². The van der Waals surface area contributed by atoms with Crippen LogP contribution in [0.15, 0.2) is 41.6 Å². The third-order valence-electron chi connectivity index (χ3n) is 4.28. The molecule has 0 atom stereocenters. The van der Waals surface area contributed by atoms with E-state index < -0.39 is 11.7 Å². The Morgan fingerprint density at radius 1 is 1.11 bits per heavy atom. The Morgan fingerprint density at radius 3 is 2.48 bits per heavy atom. The van der Waals surface area contributed by atoms with Crippen molar-refractivity contribution >= 4 is 5.52 Å². The zero-order valence-electron chi connectivity index (χ0n) is 14.2. The molecule has 7 nitrogen and oxygen atoms in total. The maximum Gasteiger partial charge on any atom is 0.416 e. The normalized spacial score (nSPS) is 12.0. The van der Waals surface area contributed by atoms with Crippen molar-refractivity contribution in [2.24, 2.45) is 7.05 Å². The number of hydrogen-bond donors (Lipinski definition) is 1. The van der Waals surface area contributed by atoms with Gasteiger partial charge in [-0.05, 0) is 19.1 Å². The summed E-state index contributed by atoms with van der Waals surface area (Å²) >= 11 is 0. The number of H-pyrrole nitrogens is 1. The number of rotatable bonds is 2. The van der Waals surface area contributed by atoms with Crippen molar-refractivity contribution < 1.29 is 13.2 Å². The molecule has 0 spiro atoms. The Morgan fingerprint density at radius 2 is 1.81 bits per heavy atom. The summed E-state index contributed by atoms with van der Waals surface area (Å²) in [6.45, 7) is 1.71. The lowest BCUT2D eigenvalue weighted by Gasteiger charge is -2.09. The van der Waals surface area contributed by atoms with Gasteiger partial charge in [0.15, 0.2) is 5.52 Å². The molecule has 0 aliphatic rings. The van der Waals surface area contributed by atoms with E-state index in [2.05, 4.69) is 20.2 Å². The highest BCUT2D eigenvalue weighted by atomic mass is 19.4. The third-order valence-corrected chi connectivity index (χ3v) is 4.28. The van der Waals surface area contributed by atoms with E-state index in [0.29, 0.717) is 28.3 Å². The smallest absolute Gasteiger partial charge is 0.310 e. The molecular formula is C17H13F3N6O. The van der Waals surface area contributed by atoms with Crippen molar-refractivity contribution in [3.8, 4) is 22.5 Å². The maximum absolute atomic E-state index is 12.8. The lowest BCUT2D eigenvalue weighted by Crippen LogP contribution is -2.11. The van der Waals surface area contributed by atoms with Crippen LogP contribution in [0.1, 0.15) is 11.4 Å². The van der Waals surface area contributed by atoms with Crippen LogP contribution in [-0.2, 0) is 13.2 Å². The first-order valence-corrected chi connectivity index (χ1v) is 7.90. The quantitative estimate of drug-likeness (QED) is 0.585. The van der Waals surface area contributed by atoms with Gasteiger partial charge < -0.3 is 4.98 Å². The van der Waals surface area contributed by atoms with Gasteiger partial charge in [-0.15, -0.1) is 0 Å². The summed E-state index contributed by atoms with van der Waals surface area (Å²) in [5, 5.41) is 8.28. The summed E-state index contributed by atoms with van der Waals surface area (Å²) in [5.41, 5.74) is 1.10. The first-order valence-electron chi connectivity index (χ1n) is 7.90. The highest BCUT2D eigenvalue weighted by Crippen LogP contribution is 2.35. The second-order valence-corrected chi connectivity index (χ2v) is 5.99. The zero-order chi connectivity index (χ0) is 19.3. The number of fused-ring (bicyclic) bond motifs is 1. The summed E-state index contributed by atoms with van der Waals surface area (Å²) in [7, 11) is 1.67. The topological polar surface area (TPSA) is 80.9 Å². The second kappa shape index (κ2) is 5.79. The molecule has 0 aliphatic carbocycles.